The summed E-state index contributed by atoms with van der Waals surface area (Å²) in [4.78, 5) is 1.35. The first-order chi connectivity index (χ1) is 11.5. The number of sulfonamides is 1. The van der Waals surface area contributed by atoms with E-state index in [1.54, 1.807) is 35.8 Å². The molecule has 0 atom stereocenters. The predicted molar refractivity (Wildman–Crippen MR) is 95.4 cm³/mol. The van der Waals surface area contributed by atoms with E-state index in [2.05, 4.69) is 0 Å². The summed E-state index contributed by atoms with van der Waals surface area (Å²) >= 11 is 1.55. The van der Waals surface area contributed by atoms with Crippen molar-refractivity contribution in [3.05, 3.63) is 75.9 Å². The zero-order chi connectivity index (χ0) is 17.2. The fraction of sp³-hybridized carbons (Fsp3) is 0.222. The van der Waals surface area contributed by atoms with Gasteiger partial charge in [0.15, 0.2) is 0 Å². The Kier molecular flexibility index (Phi) is 4.89. The molecule has 0 N–H and O–H groups in total. The van der Waals surface area contributed by atoms with Crippen LogP contribution < -0.4 is 0 Å². The maximum atomic E-state index is 13.2. The predicted octanol–water partition coefficient (Wildman–Crippen LogP) is 4.35. The molecular weight excluding hydrogens is 342 g/mol. The lowest BCUT2D eigenvalue weighted by molar-refractivity contribution is 0.360. The maximum Gasteiger partial charge on any atom is 0.244 e. The van der Waals surface area contributed by atoms with Gasteiger partial charge in [-0.15, -0.1) is 11.3 Å². The van der Waals surface area contributed by atoms with Crippen molar-refractivity contribution in [2.24, 2.45) is 0 Å². The molecule has 0 fully saturated rings. The minimum Gasteiger partial charge on any atom is -0.468 e. The highest BCUT2D eigenvalue weighted by Crippen LogP contribution is 2.26. The molecule has 0 amide bonds. The number of hydrogen-bond donors (Lipinski definition) is 0. The molecule has 2 aromatic heterocycles. The van der Waals surface area contributed by atoms with Gasteiger partial charge in [0.05, 0.1) is 17.7 Å². The van der Waals surface area contributed by atoms with Crippen LogP contribution in [0.3, 0.4) is 0 Å². The van der Waals surface area contributed by atoms with Gasteiger partial charge in [0.25, 0.3) is 0 Å². The van der Waals surface area contributed by atoms with Crippen LogP contribution in [0.1, 0.15) is 21.8 Å². The Bertz CT molecular complexity index is 862. The van der Waals surface area contributed by atoms with Crippen molar-refractivity contribution in [1.29, 1.82) is 0 Å². The highest BCUT2D eigenvalue weighted by molar-refractivity contribution is 7.89. The molecule has 0 aliphatic rings. The molecule has 0 unspecified atom stereocenters. The summed E-state index contributed by atoms with van der Waals surface area (Å²) in [5.41, 5.74) is 1.67. The van der Waals surface area contributed by atoms with Crippen molar-refractivity contribution < 1.29 is 12.8 Å². The third kappa shape index (κ3) is 3.61. The Balaban J connectivity index is 2.00. The van der Waals surface area contributed by atoms with Crippen LogP contribution in [0, 0.1) is 13.8 Å². The average Bonchev–Trinajstić information content (AvgIpc) is 3.22. The molecule has 0 spiro atoms. The van der Waals surface area contributed by atoms with E-state index in [1.807, 2.05) is 43.5 Å². The van der Waals surface area contributed by atoms with Gasteiger partial charge in [-0.25, -0.2) is 8.42 Å². The van der Waals surface area contributed by atoms with Crippen molar-refractivity contribution >= 4 is 21.4 Å². The Hall–Kier alpha value is -1.89. The molecule has 6 heteroatoms. The lowest BCUT2D eigenvalue weighted by Crippen LogP contribution is -2.30. The van der Waals surface area contributed by atoms with E-state index in [0.29, 0.717) is 17.2 Å². The Morgan fingerprint density at radius 1 is 1.08 bits per heavy atom. The van der Waals surface area contributed by atoms with Gasteiger partial charge in [-0.05, 0) is 54.6 Å². The molecule has 0 aliphatic heterocycles. The van der Waals surface area contributed by atoms with Gasteiger partial charge >= 0.3 is 0 Å². The molecule has 0 aliphatic carbocycles. The van der Waals surface area contributed by atoms with Crippen LogP contribution in [-0.2, 0) is 23.1 Å². The zero-order valence-electron chi connectivity index (χ0n) is 13.6. The third-order valence-corrected chi connectivity index (χ3v) is 6.58. The first kappa shape index (κ1) is 17.0. The van der Waals surface area contributed by atoms with Crippen molar-refractivity contribution in [2.45, 2.75) is 31.8 Å². The SMILES string of the molecule is Cc1ccc(C)c(S(=O)(=O)N(Cc2ccco2)Cc2cccs2)c1. The quantitative estimate of drug-likeness (QED) is 0.656. The molecule has 126 valence electrons. The first-order valence-electron chi connectivity index (χ1n) is 7.59. The highest BCUT2D eigenvalue weighted by Gasteiger charge is 2.27. The molecule has 3 aromatic rings. The molecule has 0 saturated carbocycles. The number of nitrogens with zero attached hydrogens (tertiary/aromatic N) is 1. The number of furan rings is 1. The molecule has 0 radical (unpaired) electrons. The van der Waals surface area contributed by atoms with E-state index < -0.39 is 10.0 Å². The number of thiophene rings is 1. The van der Waals surface area contributed by atoms with Crippen LogP contribution in [-0.4, -0.2) is 12.7 Å². The van der Waals surface area contributed by atoms with E-state index in [-0.39, 0.29) is 6.54 Å². The van der Waals surface area contributed by atoms with Gasteiger partial charge in [0.2, 0.25) is 10.0 Å². The molecule has 0 bridgehead atoms. The maximum absolute atomic E-state index is 13.2. The smallest absolute Gasteiger partial charge is 0.244 e. The van der Waals surface area contributed by atoms with E-state index in [4.69, 9.17) is 4.42 Å². The van der Waals surface area contributed by atoms with Crippen LogP contribution >= 0.6 is 11.3 Å². The number of rotatable bonds is 6. The lowest BCUT2D eigenvalue weighted by atomic mass is 10.2. The average molecular weight is 361 g/mol. The summed E-state index contributed by atoms with van der Waals surface area (Å²) in [7, 11) is -3.63. The molecule has 0 saturated heterocycles. The van der Waals surface area contributed by atoms with Crippen LogP contribution in [0.15, 0.2) is 63.4 Å². The minimum absolute atomic E-state index is 0.209. The third-order valence-electron chi connectivity index (χ3n) is 3.79. The molecule has 4 nitrogen and oxygen atoms in total. The van der Waals surface area contributed by atoms with Gasteiger partial charge < -0.3 is 4.42 Å². The second-order valence-corrected chi connectivity index (χ2v) is 8.64. The highest BCUT2D eigenvalue weighted by atomic mass is 32.2. The second-order valence-electron chi connectivity index (χ2n) is 5.70. The fourth-order valence-corrected chi connectivity index (χ4v) is 5.00. The monoisotopic (exact) mass is 361 g/mol. The van der Waals surface area contributed by atoms with Crippen LogP contribution in [0.25, 0.3) is 0 Å². The normalized spacial score (nSPS) is 12.0. The molecule has 2 heterocycles. The van der Waals surface area contributed by atoms with Crippen molar-refractivity contribution in [1.82, 2.24) is 4.31 Å². The van der Waals surface area contributed by atoms with Gasteiger partial charge in [0, 0.05) is 11.4 Å². The number of aryl methyl sites for hydroxylation is 2. The summed E-state index contributed by atoms with van der Waals surface area (Å²) < 4.78 is 33.3. The Morgan fingerprint density at radius 2 is 1.92 bits per heavy atom. The minimum atomic E-state index is -3.63. The van der Waals surface area contributed by atoms with Crippen LogP contribution in [0.2, 0.25) is 0 Å². The number of hydrogen-bond acceptors (Lipinski definition) is 4. The van der Waals surface area contributed by atoms with Gasteiger partial charge in [-0.3, -0.25) is 0 Å². The van der Waals surface area contributed by atoms with Crippen molar-refractivity contribution in [3.63, 3.8) is 0 Å². The molecule has 3 rings (SSSR count). The zero-order valence-corrected chi connectivity index (χ0v) is 15.2. The number of benzene rings is 1. The van der Waals surface area contributed by atoms with E-state index in [1.165, 1.54) is 4.31 Å². The fourth-order valence-electron chi connectivity index (χ4n) is 2.50. The Labute approximate surface area is 146 Å². The summed E-state index contributed by atoms with van der Waals surface area (Å²) in [6, 6.07) is 12.9. The second kappa shape index (κ2) is 6.93. The summed E-state index contributed by atoms with van der Waals surface area (Å²) in [6.45, 7) is 4.26. The standard InChI is InChI=1S/C18H19NO3S2/c1-14-7-8-15(2)18(11-14)24(20,21)19(12-16-5-3-9-22-16)13-17-6-4-10-23-17/h3-11H,12-13H2,1-2H3. The van der Waals surface area contributed by atoms with Crippen molar-refractivity contribution in [3.8, 4) is 0 Å². The van der Waals surface area contributed by atoms with Crippen LogP contribution in [0.4, 0.5) is 0 Å². The van der Waals surface area contributed by atoms with E-state index >= 15 is 0 Å². The largest absolute Gasteiger partial charge is 0.468 e. The first-order valence-corrected chi connectivity index (χ1v) is 9.91. The summed E-state index contributed by atoms with van der Waals surface area (Å²) in [5.74, 6) is 0.625. The van der Waals surface area contributed by atoms with E-state index in [0.717, 1.165) is 16.0 Å². The summed E-state index contributed by atoms with van der Waals surface area (Å²) in [6.07, 6.45) is 1.56. The van der Waals surface area contributed by atoms with Crippen molar-refractivity contribution in [2.75, 3.05) is 0 Å². The van der Waals surface area contributed by atoms with Gasteiger partial charge in [-0.2, -0.15) is 4.31 Å². The van der Waals surface area contributed by atoms with Gasteiger partial charge in [-0.1, -0.05) is 18.2 Å². The molecule has 1 aromatic carbocycles. The molecule has 24 heavy (non-hydrogen) atoms. The van der Waals surface area contributed by atoms with Gasteiger partial charge in [0.1, 0.15) is 5.76 Å². The topological polar surface area (TPSA) is 50.5 Å². The lowest BCUT2D eigenvalue weighted by Gasteiger charge is -2.22. The van der Waals surface area contributed by atoms with E-state index in [9.17, 15) is 8.42 Å². The van der Waals surface area contributed by atoms with Crippen LogP contribution in [0.5, 0.6) is 0 Å². The molecular formula is C18H19NO3S2. The summed E-state index contributed by atoms with van der Waals surface area (Å²) in [5, 5.41) is 1.95. The Morgan fingerprint density at radius 3 is 2.58 bits per heavy atom.